The number of carbonyl (C=O) groups excluding carboxylic acids is 1. The topological polar surface area (TPSA) is 64.8 Å². The molecule has 2 atom stereocenters. The van der Waals surface area contributed by atoms with Crippen molar-refractivity contribution in [3.05, 3.63) is 47.3 Å². The number of hydrogen-bond acceptors (Lipinski definition) is 5. The molecule has 0 radical (unpaired) electrons. The third-order valence-corrected chi connectivity index (χ3v) is 4.75. The Kier molecular flexibility index (Phi) is 5.38. The van der Waals surface area contributed by atoms with Crippen LogP contribution in [-0.2, 0) is 11.2 Å². The summed E-state index contributed by atoms with van der Waals surface area (Å²) in [5.74, 6) is 1.28. The SMILES string of the molecule is COc1ccc(C[C@H]2CN(C(=O)c3cc(C)no3)CC[C@H]2OC)cc1. The Labute approximate surface area is 147 Å². The van der Waals surface area contributed by atoms with Gasteiger partial charge in [0.25, 0.3) is 5.91 Å². The second kappa shape index (κ2) is 7.70. The second-order valence-corrected chi connectivity index (χ2v) is 6.46. The van der Waals surface area contributed by atoms with Crippen molar-refractivity contribution in [1.82, 2.24) is 10.1 Å². The Balaban J connectivity index is 1.70. The number of hydrogen-bond donors (Lipinski definition) is 0. The monoisotopic (exact) mass is 344 g/mol. The Morgan fingerprint density at radius 3 is 2.68 bits per heavy atom. The van der Waals surface area contributed by atoms with Gasteiger partial charge in [-0.2, -0.15) is 0 Å². The number of carbonyl (C=O) groups is 1. The number of aromatic nitrogens is 1. The normalized spacial score (nSPS) is 20.5. The summed E-state index contributed by atoms with van der Waals surface area (Å²) in [7, 11) is 3.40. The van der Waals surface area contributed by atoms with Crippen LogP contribution in [0.15, 0.2) is 34.9 Å². The molecule has 3 rings (SSSR count). The van der Waals surface area contributed by atoms with Crippen LogP contribution in [0.1, 0.15) is 28.2 Å². The van der Waals surface area contributed by atoms with E-state index in [-0.39, 0.29) is 17.9 Å². The lowest BCUT2D eigenvalue weighted by Crippen LogP contribution is -2.47. The lowest BCUT2D eigenvalue weighted by molar-refractivity contribution is -0.00412. The minimum Gasteiger partial charge on any atom is -0.497 e. The number of benzene rings is 1. The molecule has 6 heteroatoms. The molecule has 1 aliphatic heterocycles. The molecule has 1 amide bonds. The second-order valence-electron chi connectivity index (χ2n) is 6.46. The third-order valence-electron chi connectivity index (χ3n) is 4.75. The quantitative estimate of drug-likeness (QED) is 0.834. The molecule has 1 saturated heterocycles. The van der Waals surface area contributed by atoms with Crippen molar-refractivity contribution in [3.63, 3.8) is 0 Å². The zero-order chi connectivity index (χ0) is 17.8. The van der Waals surface area contributed by atoms with Crippen LogP contribution in [0, 0.1) is 12.8 Å². The van der Waals surface area contributed by atoms with Crippen molar-refractivity contribution in [2.75, 3.05) is 27.3 Å². The van der Waals surface area contributed by atoms with Gasteiger partial charge in [-0.15, -0.1) is 0 Å². The summed E-state index contributed by atoms with van der Waals surface area (Å²) in [6.07, 6.45) is 1.81. The lowest BCUT2D eigenvalue weighted by atomic mass is 9.88. The molecule has 0 N–H and O–H groups in total. The Hall–Kier alpha value is -2.34. The molecule has 1 aliphatic rings. The number of likely N-dealkylation sites (tertiary alicyclic amines) is 1. The average Bonchev–Trinajstić information content (AvgIpc) is 3.08. The number of ether oxygens (including phenoxy) is 2. The van der Waals surface area contributed by atoms with Gasteiger partial charge in [0, 0.05) is 32.2 Å². The molecule has 1 aromatic heterocycles. The molecule has 134 valence electrons. The summed E-state index contributed by atoms with van der Waals surface area (Å²) in [4.78, 5) is 14.5. The summed E-state index contributed by atoms with van der Waals surface area (Å²) in [6.45, 7) is 3.11. The lowest BCUT2D eigenvalue weighted by Gasteiger charge is -2.37. The number of rotatable bonds is 5. The molecule has 0 unspecified atom stereocenters. The van der Waals surface area contributed by atoms with Crippen LogP contribution in [0.3, 0.4) is 0 Å². The summed E-state index contributed by atoms with van der Waals surface area (Å²) >= 11 is 0. The largest absolute Gasteiger partial charge is 0.497 e. The van der Waals surface area contributed by atoms with Crippen LogP contribution in [0.2, 0.25) is 0 Å². The van der Waals surface area contributed by atoms with E-state index in [1.807, 2.05) is 24.0 Å². The first-order valence-electron chi connectivity index (χ1n) is 8.49. The number of amides is 1. The van der Waals surface area contributed by atoms with Crippen molar-refractivity contribution in [3.8, 4) is 5.75 Å². The standard InChI is InChI=1S/C19H24N2O4/c1-13-10-18(25-20-13)19(22)21-9-8-17(24-3)15(12-21)11-14-4-6-16(23-2)7-5-14/h4-7,10,15,17H,8-9,11-12H2,1-3H3/t15-,17+/m0/s1. The van der Waals surface area contributed by atoms with E-state index in [1.165, 1.54) is 5.56 Å². The first-order chi connectivity index (χ1) is 12.1. The fourth-order valence-corrected chi connectivity index (χ4v) is 3.39. The zero-order valence-electron chi connectivity index (χ0n) is 14.9. The maximum Gasteiger partial charge on any atom is 0.292 e. The molecule has 6 nitrogen and oxygen atoms in total. The highest BCUT2D eigenvalue weighted by atomic mass is 16.5. The maximum atomic E-state index is 12.6. The molecule has 2 aromatic rings. The summed E-state index contributed by atoms with van der Waals surface area (Å²) < 4.78 is 16.0. The maximum absolute atomic E-state index is 12.6. The van der Waals surface area contributed by atoms with Crippen molar-refractivity contribution < 1.29 is 18.8 Å². The van der Waals surface area contributed by atoms with E-state index in [0.717, 1.165) is 18.6 Å². The highest BCUT2D eigenvalue weighted by molar-refractivity contribution is 5.91. The molecule has 25 heavy (non-hydrogen) atoms. The fourth-order valence-electron chi connectivity index (χ4n) is 3.39. The van der Waals surface area contributed by atoms with Crippen molar-refractivity contribution in [1.29, 1.82) is 0 Å². The molecule has 0 saturated carbocycles. The highest BCUT2D eigenvalue weighted by Gasteiger charge is 2.33. The highest BCUT2D eigenvalue weighted by Crippen LogP contribution is 2.25. The van der Waals surface area contributed by atoms with Crippen LogP contribution in [-0.4, -0.2) is 49.4 Å². The summed E-state index contributed by atoms with van der Waals surface area (Å²) in [6, 6.07) is 9.72. The molecule has 1 fully saturated rings. The van der Waals surface area contributed by atoms with E-state index in [0.29, 0.717) is 24.5 Å². The van der Waals surface area contributed by atoms with E-state index in [2.05, 4.69) is 17.3 Å². The van der Waals surface area contributed by atoms with Gasteiger partial charge in [-0.25, -0.2) is 0 Å². The van der Waals surface area contributed by atoms with Gasteiger partial charge in [0.2, 0.25) is 5.76 Å². The van der Waals surface area contributed by atoms with Crippen LogP contribution < -0.4 is 4.74 Å². The van der Waals surface area contributed by atoms with Crippen molar-refractivity contribution in [2.24, 2.45) is 5.92 Å². The van der Waals surface area contributed by atoms with Gasteiger partial charge in [-0.1, -0.05) is 17.3 Å². The van der Waals surface area contributed by atoms with Gasteiger partial charge in [0.05, 0.1) is 18.9 Å². The molecule has 2 heterocycles. The zero-order valence-corrected chi connectivity index (χ0v) is 14.9. The van der Waals surface area contributed by atoms with Gasteiger partial charge in [0.15, 0.2) is 0 Å². The van der Waals surface area contributed by atoms with Crippen LogP contribution in [0.25, 0.3) is 0 Å². The molecule has 0 bridgehead atoms. The van der Waals surface area contributed by atoms with E-state index >= 15 is 0 Å². The molecular weight excluding hydrogens is 320 g/mol. The minimum atomic E-state index is -0.102. The smallest absolute Gasteiger partial charge is 0.292 e. The number of piperidine rings is 1. The first-order valence-corrected chi connectivity index (χ1v) is 8.49. The molecule has 1 aromatic carbocycles. The van der Waals surface area contributed by atoms with Crippen LogP contribution in [0.5, 0.6) is 5.75 Å². The van der Waals surface area contributed by atoms with Gasteiger partial charge in [0.1, 0.15) is 5.75 Å². The molecule has 0 aliphatic carbocycles. The van der Waals surface area contributed by atoms with Gasteiger partial charge in [-0.3, -0.25) is 4.79 Å². The number of aryl methyl sites for hydroxylation is 1. The minimum absolute atomic E-state index is 0.102. The Morgan fingerprint density at radius 2 is 2.08 bits per heavy atom. The average molecular weight is 344 g/mol. The van der Waals surface area contributed by atoms with E-state index in [1.54, 1.807) is 20.3 Å². The van der Waals surface area contributed by atoms with Gasteiger partial charge < -0.3 is 18.9 Å². The predicted octanol–water partition coefficient (Wildman–Crippen LogP) is 2.71. The Morgan fingerprint density at radius 1 is 1.32 bits per heavy atom. The summed E-state index contributed by atoms with van der Waals surface area (Å²) in [5, 5.41) is 3.81. The van der Waals surface area contributed by atoms with E-state index < -0.39 is 0 Å². The first kappa shape index (κ1) is 17.5. The van der Waals surface area contributed by atoms with Crippen molar-refractivity contribution in [2.45, 2.75) is 25.9 Å². The number of nitrogens with zero attached hydrogens (tertiary/aromatic N) is 2. The van der Waals surface area contributed by atoms with E-state index in [9.17, 15) is 4.79 Å². The van der Waals surface area contributed by atoms with E-state index in [4.69, 9.17) is 14.0 Å². The van der Waals surface area contributed by atoms with Crippen molar-refractivity contribution >= 4 is 5.91 Å². The molecule has 0 spiro atoms. The summed E-state index contributed by atoms with van der Waals surface area (Å²) in [5.41, 5.74) is 1.92. The van der Waals surface area contributed by atoms with Gasteiger partial charge in [-0.05, 0) is 37.5 Å². The van der Waals surface area contributed by atoms with Gasteiger partial charge >= 0.3 is 0 Å². The number of methoxy groups -OCH3 is 2. The third kappa shape index (κ3) is 4.02. The van der Waals surface area contributed by atoms with Crippen LogP contribution in [0.4, 0.5) is 0 Å². The Bertz CT molecular complexity index is 710. The fraction of sp³-hybridized carbons (Fsp3) is 0.474. The van der Waals surface area contributed by atoms with Crippen LogP contribution >= 0.6 is 0 Å². The predicted molar refractivity (Wildman–Crippen MR) is 92.7 cm³/mol. The molecular formula is C19H24N2O4.